The van der Waals surface area contributed by atoms with Gasteiger partial charge in [0.1, 0.15) is 24.2 Å². The van der Waals surface area contributed by atoms with Gasteiger partial charge >= 0.3 is 11.9 Å². The topological polar surface area (TPSA) is 332 Å². The van der Waals surface area contributed by atoms with E-state index in [1.54, 1.807) is 27.7 Å². The molecule has 0 aromatic rings. The molecule has 5 atom stereocenters. The van der Waals surface area contributed by atoms with Crippen LogP contribution in [0.2, 0.25) is 0 Å². The minimum absolute atomic E-state index is 0.229. The third-order valence-corrected chi connectivity index (χ3v) is 6.55. The molecule has 0 saturated heterocycles. The van der Waals surface area contributed by atoms with Crippen LogP contribution in [0.3, 0.4) is 0 Å². The van der Waals surface area contributed by atoms with E-state index in [4.69, 9.17) is 22.3 Å². The molecule has 0 rings (SSSR count). The Morgan fingerprint density at radius 3 is 1.46 bits per heavy atom. The van der Waals surface area contributed by atoms with E-state index in [9.17, 15) is 48.3 Å². The van der Waals surface area contributed by atoms with Crippen molar-refractivity contribution in [1.82, 2.24) is 26.6 Å². The first-order valence-corrected chi connectivity index (χ1v) is 14.5. The van der Waals surface area contributed by atoms with E-state index in [0.717, 1.165) is 0 Å². The normalized spacial score (nSPS) is 14.2. The third-order valence-electron chi connectivity index (χ3n) is 6.55. The van der Waals surface area contributed by atoms with Crippen molar-refractivity contribution in [1.29, 1.82) is 0 Å². The molecule has 7 amide bonds. The molecule has 19 nitrogen and oxygen atoms in total. The standard InChI is InChI=1S/C27H46N8O11/c1-12(2)21(34-25(43)16(7-9-18(30)37)33-23(41)14(28)5-10-20(39)40)26(44)31-11-19(38)32-15(6-8-17(29)36)24(42)35-22(13(3)4)27(45)46/h12-16,21-22H,5-11,28H2,1-4H3,(H2,29,36)(H2,30,37)(H,31,44)(H,32,38)(H,33,41)(H,34,43)(H,35,42)(H,39,40)(H,45,46)/t14-,15-,16-,21-,22-/m0/s1. The second-order valence-electron chi connectivity index (χ2n) is 11.2. The molecule has 0 aromatic carbocycles. The fourth-order valence-corrected chi connectivity index (χ4v) is 3.88. The predicted octanol–water partition coefficient (Wildman–Crippen LogP) is -3.84. The van der Waals surface area contributed by atoms with Crippen LogP contribution in [-0.4, -0.2) is 100 Å². The minimum atomic E-state index is -1.38. The molecule has 0 aromatic heterocycles. The Bertz CT molecular complexity index is 1140. The molecule has 46 heavy (non-hydrogen) atoms. The maximum Gasteiger partial charge on any atom is 0.326 e. The molecule has 0 saturated carbocycles. The van der Waals surface area contributed by atoms with Gasteiger partial charge in [0.25, 0.3) is 0 Å². The number of nitrogens with one attached hydrogen (secondary N) is 5. The lowest BCUT2D eigenvalue weighted by Crippen LogP contribution is -2.58. The first-order chi connectivity index (χ1) is 21.3. The smallest absolute Gasteiger partial charge is 0.326 e. The molecular weight excluding hydrogens is 612 g/mol. The molecular formula is C27H46N8O11. The van der Waals surface area contributed by atoms with Crippen LogP contribution in [0, 0.1) is 11.8 Å². The molecule has 0 aliphatic heterocycles. The Labute approximate surface area is 265 Å². The number of carbonyl (C=O) groups excluding carboxylic acids is 7. The highest BCUT2D eigenvalue weighted by molar-refractivity contribution is 5.95. The Kier molecular flexibility index (Phi) is 18.1. The summed E-state index contributed by atoms with van der Waals surface area (Å²) in [5, 5.41) is 29.8. The van der Waals surface area contributed by atoms with Gasteiger partial charge in [-0.05, 0) is 31.1 Å². The van der Waals surface area contributed by atoms with Crippen molar-refractivity contribution in [3.63, 3.8) is 0 Å². The SMILES string of the molecule is CC(C)[C@H](NC(=O)[C@H](CCC(N)=O)NC(=O)CNC(=O)[C@@H](NC(=O)[C@H](CCC(N)=O)NC(=O)[C@@H](N)CCC(=O)O)C(C)C)C(=O)O. The summed E-state index contributed by atoms with van der Waals surface area (Å²) in [5.74, 6) is -9.48. The summed E-state index contributed by atoms with van der Waals surface area (Å²) in [7, 11) is 0. The average Bonchev–Trinajstić information content (AvgIpc) is 2.94. The average molecular weight is 659 g/mol. The maximum atomic E-state index is 13.1. The van der Waals surface area contributed by atoms with Crippen molar-refractivity contribution in [2.75, 3.05) is 6.54 Å². The van der Waals surface area contributed by atoms with E-state index in [1.165, 1.54) is 0 Å². The van der Waals surface area contributed by atoms with Gasteiger partial charge in [0, 0.05) is 19.3 Å². The largest absolute Gasteiger partial charge is 0.481 e. The molecule has 0 aliphatic carbocycles. The third kappa shape index (κ3) is 16.3. The highest BCUT2D eigenvalue weighted by Gasteiger charge is 2.32. The van der Waals surface area contributed by atoms with E-state index in [-0.39, 0.29) is 32.1 Å². The summed E-state index contributed by atoms with van der Waals surface area (Å²) in [6.45, 7) is 5.56. The van der Waals surface area contributed by atoms with E-state index in [1.807, 2.05) is 0 Å². The van der Waals surface area contributed by atoms with Gasteiger partial charge in [-0.1, -0.05) is 27.7 Å². The summed E-state index contributed by atoms with van der Waals surface area (Å²) < 4.78 is 0. The van der Waals surface area contributed by atoms with Crippen molar-refractivity contribution < 1.29 is 53.4 Å². The van der Waals surface area contributed by atoms with Crippen LogP contribution in [0.4, 0.5) is 0 Å². The van der Waals surface area contributed by atoms with Crippen LogP contribution < -0.4 is 43.8 Å². The summed E-state index contributed by atoms with van der Waals surface area (Å²) >= 11 is 0. The lowest BCUT2D eigenvalue weighted by Gasteiger charge is -2.26. The van der Waals surface area contributed by atoms with Gasteiger partial charge in [0.15, 0.2) is 0 Å². The number of primary amides is 2. The van der Waals surface area contributed by atoms with Crippen molar-refractivity contribution >= 4 is 53.3 Å². The summed E-state index contributed by atoms with van der Waals surface area (Å²) in [6, 6.07) is -6.57. The lowest BCUT2D eigenvalue weighted by atomic mass is 10.0. The minimum Gasteiger partial charge on any atom is -0.481 e. The zero-order valence-corrected chi connectivity index (χ0v) is 26.3. The molecule has 0 bridgehead atoms. The first kappa shape index (κ1) is 41.2. The van der Waals surface area contributed by atoms with Gasteiger partial charge in [0.05, 0.1) is 12.6 Å². The fourth-order valence-electron chi connectivity index (χ4n) is 3.88. The quantitative estimate of drug-likeness (QED) is 0.0535. The summed E-state index contributed by atoms with van der Waals surface area (Å²) in [4.78, 5) is 109. The Morgan fingerprint density at radius 2 is 1.04 bits per heavy atom. The Balaban J connectivity index is 5.56. The maximum absolute atomic E-state index is 13.1. The predicted molar refractivity (Wildman–Crippen MR) is 160 cm³/mol. The lowest BCUT2D eigenvalue weighted by molar-refractivity contribution is -0.143. The highest BCUT2D eigenvalue weighted by atomic mass is 16.4. The monoisotopic (exact) mass is 658 g/mol. The zero-order valence-electron chi connectivity index (χ0n) is 26.3. The first-order valence-electron chi connectivity index (χ1n) is 14.5. The number of carboxylic acids is 2. The van der Waals surface area contributed by atoms with Crippen molar-refractivity contribution in [2.45, 2.75) is 96.4 Å². The summed E-state index contributed by atoms with van der Waals surface area (Å²) in [6.07, 6.45) is -1.80. The van der Waals surface area contributed by atoms with Crippen molar-refractivity contribution in [3.05, 3.63) is 0 Å². The van der Waals surface area contributed by atoms with Crippen LogP contribution in [-0.2, 0) is 43.2 Å². The molecule has 260 valence electrons. The highest BCUT2D eigenvalue weighted by Crippen LogP contribution is 2.07. The van der Waals surface area contributed by atoms with E-state index >= 15 is 0 Å². The summed E-state index contributed by atoms with van der Waals surface area (Å²) in [5.41, 5.74) is 16.0. The number of carboxylic acid groups (broad SMARTS) is 2. The van der Waals surface area contributed by atoms with Gasteiger partial charge < -0.3 is 54.0 Å². The van der Waals surface area contributed by atoms with Gasteiger partial charge in [0.2, 0.25) is 41.4 Å². The molecule has 19 heteroatoms. The number of hydrogen-bond acceptors (Lipinski definition) is 10. The van der Waals surface area contributed by atoms with Crippen LogP contribution in [0.15, 0.2) is 0 Å². The second kappa shape index (κ2) is 20.3. The second-order valence-corrected chi connectivity index (χ2v) is 11.2. The molecule has 13 N–H and O–H groups in total. The van der Waals surface area contributed by atoms with E-state index in [2.05, 4.69) is 26.6 Å². The number of amides is 7. The van der Waals surface area contributed by atoms with Crippen LogP contribution in [0.1, 0.15) is 66.2 Å². The Morgan fingerprint density at radius 1 is 0.587 bits per heavy atom. The molecule has 0 spiro atoms. The number of nitrogens with two attached hydrogens (primary N) is 3. The van der Waals surface area contributed by atoms with Gasteiger partial charge in [-0.25, -0.2) is 4.79 Å². The number of aliphatic carboxylic acids is 2. The molecule has 0 fully saturated rings. The number of carbonyl (C=O) groups is 9. The number of hydrogen-bond donors (Lipinski definition) is 10. The Hall–Kier alpha value is -4.81. The van der Waals surface area contributed by atoms with E-state index < -0.39 is 108 Å². The van der Waals surface area contributed by atoms with Crippen LogP contribution in [0.25, 0.3) is 0 Å². The number of rotatable bonds is 22. The molecule has 0 radical (unpaired) electrons. The molecule has 0 heterocycles. The zero-order chi connectivity index (χ0) is 35.7. The van der Waals surface area contributed by atoms with Gasteiger partial charge in [-0.15, -0.1) is 0 Å². The van der Waals surface area contributed by atoms with Gasteiger partial charge in [-0.3, -0.25) is 38.4 Å². The molecule has 0 aliphatic rings. The van der Waals surface area contributed by atoms with Gasteiger partial charge in [-0.2, -0.15) is 0 Å². The molecule has 0 unspecified atom stereocenters. The van der Waals surface area contributed by atoms with Crippen LogP contribution >= 0.6 is 0 Å². The van der Waals surface area contributed by atoms with Crippen LogP contribution in [0.5, 0.6) is 0 Å². The van der Waals surface area contributed by atoms with Crippen molar-refractivity contribution in [3.8, 4) is 0 Å². The fraction of sp³-hybridized carbons (Fsp3) is 0.667. The van der Waals surface area contributed by atoms with E-state index in [0.29, 0.717) is 0 Å². The van der Waals surface area contributed by atoms with Crippen molar-refractivity contribution in [2.24, 2.45) is 29.0 Å².